The van der Waals surface area contributed by atoms with Gasteiger partial charge in [0.2, 0.25) is 0 Å². The van der Waals surface area contributed by atoms with E-state index < -0.39 is 0 Å². The molecule has 0 radical (unpaired) electrons. The number of allylic oxidation sites excluding steroid dienone is 2. The molecule has 0 saturated carbocycles. The summed E-state index contributed by atoms with van der Waals surface area (Å²) >= 11 is 0. The molecule has 2 heteroatoms. The molecule has 0 bridgehead atoms. The van der Waals surface area contributed by atoms with Crippen LogP contribution in [0.1, 0.15) is 31.8 Å². The first-order valence-electron chi connectivity index (χ1n) is 10.5. The fourth-order valence-electron chi connectivity index (χ4n) is 3.45. The van der Waals surface area contributed by atoms with Gasteiger partial charge in [0.25, 0.3) is 0 Å². The third kappa shape index (κ3) is 5.05. The van der Waals surface area contributed by atoms with Crippen molar-refractivity contribution in [3.05, 3.63) is 155 Å². The first-order valence-corrected chi connectivity index (χ1v) is 10.5. The molecule has 32 heavy (non-hydrogen) atoms. The predicted octanol–water partition coefficient (Wildman–Crippen LogP) is 6.92. The fraction of sp³-hybridized carbons (Fsp3) is 0. The largest absolute Gasteiger partial charge is 0.289 e. The summed E-state index contributed by atoms with van der Waals surface area (Å²) < 4.78 is 0. The molecule has 0 atom stereocenters. The van der Waals surface area contributed by atoms with Gasteiger partial charge >= 0.3 is 0 Å². The van der Waals surface area contributed by atoms with Crippen LogP contribution in [0.4, 0.5) is 0 Å². The summed E-state index contributed by atoms with van der Waals surface area (Å²) in [6, 6.07) is 37.3. The summed E-state index contributed by atoms with van der Waals surface area (Å²) in [4.78, 5) is 27.3. The molecule has 4 aromatic rings. The first kappa shape index (κ1) is 21.0. The molecule has 0 spiro atoms. The minimum atomic E-state index is -0.194. The van der Waals surface area contributed by atoms with Crippen molar-refractivity contribution < 1.29 is 9.59 Å². The molecule has 0 fully saturated rings. The Balaban J connectivity index is 1.92. The monoisotopic (exact) mass is 414 g/mol. The SMILES string of the molecule is O=C(C(=Cc1ccccc1)C(=Cc1ccccc1)C(=O)c1ccccc1)c1ccccc1. The fourth-order valence-corrected chi connectivity index (χ4v) is 3.45. The van der Waals surface area contributed by atoms with E-state index in [0.717, 1.165) is 11.1 Å². The van der Waals surface area contributed by atoms with E-state index in [1.165, 1.54) is 0 Å². The zero-order valence-electron chi connectivity index (χ0n) is 17.5. The van der Waals surface area contributed by atoms with Gasteiger partial charge in [-0.25, -0.2) is 0 Å². The lowest BCUT2D eigenvalue weighted by atomic mass is 9.88. The third-order valence-corrected chi connectivity index (χ3v) is 5.07. The highest BCUT2D eigenvalue weighted by molar-refractivity contribution is 6.26. The molecule has 0 N–H and O–H groups in total. The van der Waals surface area contributed by atoms with Gasteiger partial charge < -0.3 is 0 Å². The standard InChI is InChI=1S/C30H22O2/c31-29(25-17-9-3-10-18-25)27(21-23-13-5-1-6-14-23)28(22-24-15-7-2-8-16-24)30(32)26-19-11-4-12-20-26/h1-22H. The molecule has 0 aliphatic rings. The summed E-state index contributed by atoms with van der Waals surface area (Å²) in [5.74, 6) is -0.387. The molecule has 2 nitrogen and oxygen atoms in total. The van der Waals surface area contributed by atoms with Crippen LogP contribution in [-0.4, -0.2) is 11.6 Å². The molecule has 0 aromatic heterocycles. The Morgan fingerprint density at radius 1 is 0.406 bits per heavy atom. The quantitative estimate of drug-likeness (QED) is 0.187. The summed E-state index contributed by atoms with van der Waals surface area (Å²) in [6.45, 7) is 0. The number of benzene rings is 4. The summed E-state index contributed by atoms with van der Waals surface area (Å²) in [5.41, 5.74) is 3.50. The van der Waals surface area contributed by atoms with Gasteiger partial charge in [-0.05, 0) is 23.3 Å². The van der Waals surface area contributed by atoms with E-state index in [1.807, 2.05) is 97.1 Å². The number of rotatable bonds is 7. The molecule has 0 unspecified atom stereocenters. The van der Waals surface area contributed by atoms with Crippen molar-refractivity contribution >= 4 is 23.7 Å². The maximum Gasteiger partial charge on any atom is 0.193 e. The second kappa shape index (κ2) is 10.1. The lowest BCUT2D eigenvalue weighted by Gasteiger charge is -2.13. The number of hydrogen-bond donors (Lipinski definition) is 0. The number of carbonyl (C=O) groups excluding carboxylic acids is 2. The van der Waals surface area contributed by atoms with E-state index in [-0.39, 0.29) is 11.6 Å². The van der Waals surface area contributed by atoms with Crippen LogP contribution < -0.4 is 0 Å². The Labute approximate surface area is 188 Å². The van der Waals surface area contributed by atoms with Gasteiger partial charge in [0.15, 0.2) is 11.6 Å². The van der Waals surface area contributed by atoms with Gasteiger partial charge in [-0.1, -0.05) is 121 Å². The Hall–Kier alpha value is -4.30. The summed E-state index contributed by atoms with van der Waals surface area (Å²) in [5, 5.41) is 0. The van der Waals surface area contributed by atoms with Crippen LogP contribution in [0.15, 0.2) is 132 Å². The van der Waals surface area contributed by atoms with Crippen molar-refractivity contribution in [1.29, 1.82) is 0 Å². The lowest BCUT2D eigenvalue weighted by Crippen LogP contribution is -2.13. The normalized spacial score (nSPS) is 11.8. The molecular weight excluding hydrogens is 392 g/mol. The molecular formula is C30H22O2. The van der Waals surface area contributed by atoms with Gasteiger partial charge in [-0.2, -0.15) is 0 Å². The zero-order chi connectivity index (χ0) is 22.2. The Kier molecular flexibility index (Phi) is 6.64. The average Bonchev–Trinajstić information content (AvgIpc) is 2.87. The Morgan fingerprint density at radius 3 is 1.00 bits per heavy atom. The summed E-state index contributed by atoms with van der Waals surface area (Å²) in [6.07, 6.45) is 3.59. The maximum absolute atomic E-state index is 13.7. The molecule has 0 saturated heterocycles. The van der Waals surface area contributed by atoms with E-state index in [9.17, 15) is 9.59 Å². The Morgan fingerprint density at radius 2 is 0.688 bits per heavy atom. The molecule has 4 rings (SSSR count). The predicted molar refractivity (Wildman–Crippen MR) is 130 cm³/mol. The first-order chi connectivity index (χ1) is 15.7. The van der Waals surface area contributed by atoms with E-state index in [4.69, 9.17) is 0 Å². The number of hydrogen-bond acceptors (Lipinski definition) is 2. The van der Waals surface area contributed by atoms with Crippen LogP contribution in [0.3, 0.4) is 0 Å². The van der Waals surface area contributed by atoms with Crippen molar-refractivity contribution in [2.45, 2.75) is 0 Å². The van der Waals surface area contributed by atoms with Crippen LogP contribution in [-0.2, 0) is 0 Å². The third-order valence-electron chi connectivity index (χ3n) is 5.07. The smallest absolute Gasteiger partial charge is 0.193 e. The highest BCUT2D eigenvalue weighted by Gasteiger charge is 2.23. The molecule has 154 valence electrons. The van der Waals surface area contributed by atoms with Crippen molar-refractivity contribution in [3.8, 4) is 0 Å². The second-order valence-electron chi connectivity index (χ2n) is 7.33. The number of carbonyl (C=O) groups is 2. The summed E-state index contributed by atoms with van der Waals surface area (Å²) in [7, 11) is 0. The minimum Gasteiger partial charge on any atom is -0.289 e. The van der Waals surface area contributed by atoms with E-state index in [2.05, 4.69) is 0 Å². The highest BCUT2D eigenvalue weighted by Crippen LogP contribution is 2.26. The van der Waals surface area contributed by atoms with Crippen LogP contribution in [0.25, 0.3) is 12.2 Å². The van der Waals surface area contributed by atoms with Crippen LogP contribution >= 0.6 is 0 Å². The Bertz CT molecular complexity index is 1150. The van der Waals surface area contributed by atoms with Crippen molar-refractivity contribution in [2.24, 2.45) is 0 Å². The van der Waals surface area contributed by atoms with Crippen LogP contribution in [0.5, 0.6) is 0 Å². The second-order valence-corrected chi connectivity index (χ2v) is 7.33. The van der Waals surface area contributed by atoms with Gasteiger partial charge in [-0.3, -0.25) is 9.59 Å². The van der Waals surface area contributed by atoms with E-state index in [1.54, 1.807) is 36.4 Å². The molecule has 0 heterocycles. The topological polar surface area (TPSA) is 34.1 Å². The molecule has 0 amide bonds. The van der Waals surface area contributed by atoms with Crippen molar-refractivity contribution in [1.82, 2.24) is 0 Å². The lowest BCUT2D eigenvalue weighted by molar-refractivity contribution is 0.0999. The highest BCUT2D eigenvalue weighted by atomic mass is 16.1. The van der Waals surface area contributed by atoms with Crippen molar-refractivity contribution in [2.75, 3.05) is 0 Å². The molecule has 0 aliphatic heterocycles. The van der Waals surface area contributed by atoms with Gasteiger partial charge in [-0.15, -0.1) is 0 Å². The van der Waals surface area contributed by atoms with E-state index >= 15 is 0 Å². The van der Waals surface area contributed by atoms with Crippen LogP contribution in [0, 0.1) is 0 Å². The molecule has 0 aliphatic carbocycles. The number of ketones is 2. The van der Waals surface area contributed by atoms with Gasteiger partial charge in [0.05, 0.1) is 0 Å². The minimum absolute atomic E-state index is 0.194. The van der Waals surface area contributed by atoms with Gasteiger partial charge in [0, 0.05) is 22.3 Å². The van der Waals surface area contributed by atoms with Gasteiger partial charge in [0.1, 0.15) is 0 Å². The van der Waals surface area contributed by atoms with E-state index in [0.29, 0.717) is 22.3 Å². The molecule has 4 aromatic carbocycles. The zero-order valence-corrected chi connectivity index (χ0v) is 17.5. The average molecular weight is 415 g/mol. The van der Waals surface area contributed by atoms with Crippen molar-refractivity contribution in [3.63, 3.8) is 0 Å². The van der Waals surface area contributed by atoms with Crippen LogP contribution in [0.2, 0.25) is 0 Å². The maximum atomic E-state index is 13.7. The number of Topliss-reactive ketones (excluding diaryl/α,β-unsaturated/α-hetero) is 2.